The molecule has 2 amide bonds. The van der Waals surface area contributed by atoms with Gasteiger partial charge >= 0.3 is 0 Å². The van der Waals surface area contributed by atoms with Crippen molar-refractivity contribution in [2.75, 3.05) is 16.3 Å². The van der Waals surface area contributed by atoms with Crippen LogP contribution in [0.2, 0.25) is 0 Å². The molecule has 1 fully saturated rings. The molecular weight excluding hydrogens is 334 g/mol. The second-order valence-electron chi connectivity index (χ2n) is 6.46. The molecule has 0 spiro atoms. The lowest BCUT2D eigenvalue weighted by Crippen LogP contribution is -2.46. The maximum Gasteiger partial charge on any atom is 0.271 e. The first-order chi connectivity index (χ1) is 12.6. The number of rotatable bonds is 3. The number of nitrogens with zero attached hydrogens (tertiary/aromatic N) is 3. The van der Waals surface area contributed by atoms with Gasteiger partial charge in [-0.15, -0.1) is 0 Å². The molecule has 0 aromatic heterocycles. The van der Waals surface area contributed by atoms with Gasteiger partial charge < -0.3 is 4.90 Å². The highest BCUT2D eigenvalue weighted by Crippen LogP contribution is 2.35. The molecule has 1 saturated heterocycles. The average Bonchev–Trinajstić information content (AvgIpc) is 3.24. The number of anilines is 2. The van der Waals surface area contributed by atoms with Crippen LogP contribution in [0.4, 0.5) is 17.1 Å². The van der Waals surface area contributed by atoms with E-state index >= 15 is 0 Å². The Morgan fingerprint density at radius 3 is 2.62 bits per heavy atom. The molecule has 2 aliphatic heterocycles. The molecule has 7 nitrogen and oxygen atoms in total. The number of benzene rings is 2. The Hall–Kier alpha value is -3.22. The van der Waals surface area contributed by atoms with E-state index in [0.29, 0.717) is 37.2 Å². The van der Waals surface area contributed by atoms with E-state index in [1.54, 1.807) is 15.9 Å². The summed E-state index contributed by atoms with van der Waals surface area (Å²) in [5, 5.41) is 11.1. The molecule has 1 unspecified atom stereocenters. The van der Waals surface area contributed by atoms with E-state index in [2.05, 4.69) is 0 Å². The van der Waals surface area contributed by atoms with Gasteiger partial charge in [0.25, 0.3) is 5.69 Å². The van der Waals surface area contributed by atoms with Crippen molar-refractivity contribution in [1.82, 2.24) is 0 Å². The van der Waals surface area contributed by atoms with E-state index in [1.807, 2.05) is 30.3 Å². The number of carbonyl (C=O) groups is 2. The lowest BCUT2D eigenvalue weighted by molar-refractivity contribution is -0.384. The van der Waals surface area contributed by atoms with Crippen molar-refractivity contribution in [3.63, 3.8) is 0 Å². The van der Waals surface area contributed by atoms with Crippen molar-refractivity contribution in [1.29, 1.82) is 0 Å². The van der Waals surface area contributed by atoms with Gasteiger partial charge in [0.05, 0.1) is 10.6 Å². The number of hydrogen-bond acceptors (Lipinski definition) is 4. The second-order valence-corrected chi connectivity index (χ2v) is 6.46. The van der Waals surface area contributed by atoms with Gasteiger partial charge in [0.15, 0.2) is 0 Å². The smallest absolute Gasteiger partial charge is 0.271 e. The SMILES string of the molecule is O=C(C1CCC(=O)N1c1ccccc1)N1CCc2ccc([N+](=O)[O-])cc21. The number of carbonyl (C=O) groups excluding carboxylic acids is 2. The Morgan fingerprint density at radius 1 is 1.12 bits per heavy atom. The van der Waals surface area contributed by atoms with Crippen molar-refractivity contribution in [2.45, 2.75) is 25.3 Å². The van der Waals surface area contributed by atoms with Crippen molar-refractivity contribution in [3.05, 3.63) is 64.2 Å². The molecule has 2 heterocycles. The molecule has 132 valence electrons. The Balaban J connectivity index is 1.66. The summed E-state index contributed by atoms with van der Waals surface area (Å²) in [6, 6.07) is 13.2. The van der Waals surface area contributed by atoms with E-state index in [4.69, 9.17) is 0 Å². The minimum atomic E-state index is -0.574. The van der Waals surface area contributed by atoms with Crippen LogP contribution in [-0.4, -0.2) is 29.3 Å². The third kappa shape index (κ3) is 2.61. The van der Waals surface area contributed by atoms with Crippen LogP contribution in [0.15, 0.2) is 48.5 Å². The summed E-state index contributed by atoms with van der Waals surface area (Å²) in [7, 11) is 0. The molecule has 0 radical (unpaired) electrons. The summed E-state index contributed by atoms with van der Waals surface area (Å²) in [5.74, 6) is -0.257. The zero-order chi connectivity index (χ0) is 18.3. The van der Waals surface area contributed by atoms with E-state index in [-0.39, 0.29) is 17.5 Å². The van der Waals surface area contributed by atoms with E-state index in [1.165, 1.54) is 12.1 Å². The van der Waals surface area contributed by atoms with E-state index in [9.17, 15) is 19.7 Å². The van der Waals surface area contributed by atoms with E-state index in [0.717, 1.165) is 5.56 Å². The third-order valence-electron chi connectivity index (χ3n) is 4.97. The van der Waals surface area contributed by atoms with Gasteiger partial charge in [-0.05, 0) is 30.5 Å². The van der Waals surface area contributed by atoms with Gasteiger partial charge in [0.1, 0.15) is 6.04 Å². The van der Waals surface area contributed by atoms with Gasteiger partial charge in [0.2, 0.25) is 11.8 Å². The molecule has 1 atom stereocenters. The first kappa shape index (κ1) is 16.3. The first-order valence-corrected chi connectivity index (χ1v) is 8.52. The van der Waals surface area contributed by atoms with Crippen LogP contribution in [0.3, 0.4) is 0 Å². The molecule has 4 rings (SSSR count). The highest BCUT2D eigenvalue weighted by Gasteiger charge is 2.41. The van der Waals surface area contributed by atoms with Crippen molar-refractivity contribution >= 4 is 28.9 Å². The Morgan fingerprint density at radius 2 is 1.88 bits per heavy atom. The quantitative estimate of drug-likeness (QED) is 0.629. The standard InChI is InChI=1S/C19H17N3O4/c23-18-9-8-16(21(18)14-4-2-1-3-5-14)19(24)20-11-10-13-6-7-15(22(25)26)12-17(13)20/h1-7,12,16H,8-11H2. The molecule has 26 heavy (non-hydrogen) atoms. The summed E-state index contributed by atoms with van der Waals surface area (Å²) in [6.45, 7) is 0.475. The fourth-order valence-corrected chi connectivity index (χ4v) is 3.72. The number of nitro benzene ring substituents is 1. The topological polar surface area (TPSA) is 83.8 Å². The fraction of sp³-hybridized carbons (Fsp3) is 0.263. The first-order valence-electron chi connectivity index (χ1n) is 8.52. The van der Waals surface area contributed by atoms with Crippen LogP contribution in [-0.2, 0) is 16.0 Å². The normalized spacial score (nSPS) is 18.9. The van der Waals surface area contributed by atoms with Crippen molar-refractivity contribution in [2.24, 2.45) is 0 Å². The average molecular weight is 351 g/mol. The van der Waals surface area contributed by atoms with Crippen LogP contribution in [0.1, 0.15) is 18.4 Å². The Kier molecular flexibility index (Phi) is 3.91. The summed E-state index contributed by atoms with van der Waals surface area (Å²) >= 11 is 0. The van der Waals surface area contributed by atoms with E-state index < -0.39 is 11.0 Å². The molecule has 0 saturated carbocycles. The van der Waals surface area contributed by atoms with Gasteiger partial charge in [-0.2, -0.15) is 0 Å². The van der Waals surface area contributed by atoms with Crippen LogP contribution >= 0.6 is 0 Å². The van der Waals surface area contributed by atoms with Gasteiger partial charge in [-0.25, -0.2) is 0 Å². The maximum absolute atomic E-state index is 13.2. The monoisotopic (exact) mass is 351 g/mol. The molecule has 2 aliphatic rings. The number of nitro groups is 1. The molecule has 2 aromatic rings. The Labute approximate surface area is 150 Å². The zero-order valence-electron chi connectivity index (χ0n) is 14.0. The van der Waals surface area contributed by atoms with Crippen LogP contribution in [0, 0.1) is 10.1 Å². The minimum absolute atomic E-state index is 0.0362. The zero-order valence-corrected chi connectivity index (χ0v) is 14.0. The van der Waals surface area contributed by atoms with Gasteiger partial charge in [-0.3, -0.25) is 24.6 Å². The third-order valence-corrected chi connectivity index (χ3v) is 4.97. The molecular formula is C19H17N3O4. The minimum Gasteiger partial charge on any atom is -0.310 e. The fourth-order valence-electron chi connectivity index (χ4n) is 3.72. The number of fused-ring (bicyclic) bond motifs is 1. The largest absolute Gasteiger partial charge is 0.310 e. The molecule has 7 heteroatoms. The second kappa shape index (κ2) is 6.25. The number of amides is 2. The predicted octanol–water partition coefficient (Wildman–Crippen LogP) is 2.68. The van der Waals surface area contributed by atoms with Crippen molar-refractivity contribution < 1.29 is 14.5 Å². The van der Waals surface area contributed by atoms with Crippen molar-refractivity contribution in [3.8, 4) is 0 Å². The summed E-state index contributed by atoms with van der Waals surface area (Å²) < 4.78 is 0. The highest BCUT2D eigenvalue weighted by atomic mass is 16.6. The van der Waals surface area contributed by atoms with Gasteiger partial charge in [-0.1, -0.05) is 24.3 Å². The molecule has 0 N–H and O–H groups in total. The summed E-state index contributed by atoms with van der Waals surface area (Å²) in [4.78, 5) is 39.3. The van der Waals surface area contributed by atoms with Crippen LogP contribution in [0.5, 0.6) is 0 Å². The molecule has 2 aromatic carbocycles. The lowest BCUT2D eigenvalue weighted by Gasteiger charge is -2.28. The summed E-state index contributed by atoms with van der Waals surface area (Å²) in [6.07, 6.45) is 1.43. The molecule has 0 aliphatic carbocycles. The van der Waals surface area contributed by atoms with Gasteiger partial charge in [0, 0.05) is 30.8 Å². The molecule has 0 bridgehead atoms. The van der Waals surface area contributed by atoms with Crippen LogP contribution in [0.25, 0.3) is 0 Å². The predicted molar refractivity (Wildman–Crippen MR) is 96.1 cm³/mol. The lowest BCUT2D eigenvalue weighted by atomic mass is 10.1. The maximum atomic E-state index is 13.2. The Bertz CT molecular complexity index is 897. The highest BCUT2D eigenvalue weighted by molar-refractivity contribution is 6.09. The number of non-ortho nitro benzene ring substituents is 1. The van der Waals surface area contributed by atoms with Crippen LogP contribution < -0.4 is 9.80 Å². The number of para-hydroxylation sites is 1. The summed E-state index contributed by atoms with van der Waals surface area (Å²) in [5.41, 5.74) is 2.16. The number of hydrogen-bond donors (Lipinski definition) is 0.